The van der Waals surface area contributed by atoms with Crippen LogP contribution in [0.2, 0.25) is 0 Å². The quantitative estimate of drug-likeness (QED) is 0.389. The van der Waals surface area contributed by atoms with Crippen molar-refractivity contribution >= 4 is 0 Å². The lowest BCUT2D eigenvalue weighted by molar-refractivity contribution is 0.197. The number of nitroso groups, excluding NO2 is 1. The van der Waals surface area contributed by atoms with Gasteiger partial charge in [-0.05, 0) is 6.42 Å². The van der Waals surface area contributed by atoms with Crippen LogP contribution >= 0.6 is 0 Å². The fourth-order valence-corrected chi connectivity index (χ4v) is 0.273. The summed E-state index contributed by atoms with van der Waals surface area (Å²) < 4.78 is 4.64. The van der Waals surface area contributed by atoms with E-state index in [1.807, 2.05) is 0 Å². The molecule has 3 nitrogen and oxygen atoms in total. The van der Waals surface area contributed by atoms with Crippen molar-refractivity contribution in [3.63, 3.8) is 0 Å². The molecule has 0 rings (SSSR count). The van der Waals surface area contributed by atoms with Crippen molar-refractivity contribution in [2.24, 2.45) is 5.18 Å². The number of rotatable bonds is 4. The molecule has 0 amide bonds. The van der Waals surface area contributed by atoms with Gasteiger partial charge in [0.2, 0.25) is 0 Å². The van der Waals surface area contributed by atoms with E-state index in [2.05, 4.69) is 9.91 Å². The monoisotopic (exact) mass is 103 g/mol. The van der Waals surface area contributed by atoms with Crippen LogP contribution in [0, 0.1) is 4.91 Å². The summed E-state index contributed by atoms with van der Waals surface area (Å²) in [4.78, 5) is 9.37. The molecule has 0 N–H and O–H groups in total. The average Bonchev–Trinajstić information content (AvgIpc) is 1.69. The SMILES string of the molecule is COCCCN=O. The topological polar surface area (TPSA) is 38.7 Å². The zero-order chi connectivity index (χ0) is 5.54. The maximum atomic E-state index is 9.37. The van der Waals surface area contributed by atoms with E-state index in [0.717, 1.165) is 6.42 Å². The van der Waals surface area contributed by atoms with Crippen molar-refractivity contribution in [1.82, 2.24) is 0 Å². The average molecular weight is 103 g/mol. The summed E-state index contributed by atoms with van der Waals surface area (Å²) in [7, 11) is 1.60. The van der Waals surface area contributed by atoms with Crippen molar-refractivity contribution in [2.75, 3.05) is 20.3 Å². The molecule has 0 aliphatic rings. The van der Waals surface area contributed by atoms with Crippen LogP contribution < -0.4 is 0 Å². The molecule has 0 radical (unpaired) electrons. The van der Waals surface area contributed by atoms with E-state index < -0.39 is 0 Å². The summed E-state index contributed by atoms with van der Waals surface area (Å²) in [6.45, 7) is 1.000. The van der Waals surface area contributed by atoms with Crippen LogP contribution in [-0.2, 0) is 4.74 Å². The molecule has 0 atom stereocenters. The van der Waals surface area contributed by atoms with Gasteiger partial charge in [0, 0.05) is 13.7 Å². The highest BCUT2D eigenvalue weighted by Crippen LogP contribution is 1.78. The molecule has 0 aromatic heterocycles. The minimum Gasteiger partial charge on any atom is -0.385 e. The van der Waals surface area contributed by atoms with Crippen molar-refractivity contribution < 1.29 is 4.74 Å². The van der Waals surface area contributed by atoms with Crippen molar-refractivity contribution in [1.29, 1.82) is 0 Å². The third kappa shape index (κ3) is 5.56. The van der Waals surface area contributed by atoms with Gasteiger partial charge >= 0.3 is 0 Å². The molecule has 0 unspecified atom stereocenters. The van der Waals surface area contributed by atoms with Crippen LogP contribution in [0.3, 0.4) is 0 Å². The Labute approximate surface area is 42.6 Å². The predicted molar refractivity (Wildman–Crippen MR) is 27.2 cm³/mol. The second kappa shape index (κ2) is 5.56. The lowest BCUT2D eigenvalue weighted by Gasteiger charge is -1.88. The van der Waals surface area contributed by atoms with Crippen LogP contribution in [0.1, 0.15) is 6.42 Å². The summed E-state index contributed by atoms with van der Waals surface area (Å²) in [5, 5.41) is 2.64. The lowest BCUT2D eigenvalue weighted by Crippen LogP contribution is -1.89. The summed E-state index contributed by atoms with van der Waals surface area (Å²) in [5.74, 6) is 0. The third-order valence-electron chi connectivity index (χ3n) is 0.598. The molecule has 0 aromatic rings. The van der Waals surface area contributed by atoms with Gasteiger partial charge in [0.25, 0.3) is 0 Å². The van der Waals surface area contributed by atoms with E-state index >= 15 is 0 Å². The molecule has 42 valence electrons. The van der Waals surface area contributed by atoms with Gasteiger partial charge in [0.05, 0.1) is 6.54 Å². The van der Waals surface area contributed by atoms with Crippen molar-refractivity contribution in [3.05, 3.63) is 4.91 Å². The molecule has 0 saturated carbocycles. The molecule has 0 aliphatic heterocycles. The standard InChI is InChI=1S/C4H9NO2/c1-7-4-2-3-5-6/h2-4H2,1H3. The Hall–Kier alpha value is -0.440. The highest BCUT2D eigenvalue weighted by atomic mass is 16.5. The molecule has 0 spiro atoms. The smallest absolute Gasteiger partial charge is 0.0833 e. The van der Waals surface area contributed by atoms with Gasteiger partial charge < -0.3 is 4.74 Å². The minimum atomic E-state index is 0.369. The van der Waals surface area contributed by atoms with Crippen LogP contribution in [0.15, 0.2) is 5.18 Å². The second-order valence-electron chi connectivity index (χ2n) is 1.20. The number of hydrogen-bond donors (Lipinski definition) is 0. The number of hydrogen-bond acceptors (Lipinski definition) is 3. The number of nitrogens with zero attached hydrogens (tertiary/aromatic N) is 1. The first kappa shape index (κ1) is 6.56. The Kier molecular flexibility index (Phi) is 5.21. The molecular weight excluding hydrogens is 94.0 g/mol. The number of ether oxygens (including phenoxy) is 1. The van der Waals surface area contributed by atoms with Gasteiger partial charge in [0.15, 0.2) is 0 Å². The third-order valence-corrected chi connectivity index (χ3v) is 0.598. The fraction of sp³-hybridized carbons (Fsp3) is 1.00. The molecule has 0 bridgehead atoms. The van der Waals surface area contributed by atoms with Gasteiger partial charge in [-0.2, -0.15) is 4.91 Å². The van der Waals surface area contributed by atoms with Gasteiger partial charge in [-0.15, -0.1) is 0 Å². The zero-order valence-corrected chi connectivity index (χ0v) is 4.39. The fourth-order valence-electron chi connectivity index (χ4n) is 0.273. The summed E-state index contributed by atoms with van der Waals surface area (Å²) >= 11 is 0. The largest absolute Gasteiger partial charge is 0.385 e. The van der Waals surface area contributed by atoms with E-state index in [1.54, 1.807) is 7.11 Å². The van der Waals surface area contributed by atoms with Gasteiger partial charge in [0.1, 0.15) is 0 Å². The first-order chi connectivity index (χ1) is 3.41. The molecule has 0 fully saturated rings. The number of methoxy groups -OCH3 is 1. The summed E-state index contributed by atoms with van der Waals surface area (Å²) in [5.41, 5.74) is 0. The molecule has 3 heteroatoms. The van der Waals surface area contributed by atoms with E-state index in [-0.39, 0.29) is 0 Å². The minimum absolute atomic E-state index is 0.369. The maximum Gasteiger partial charge on any atom is 0.0833 e. The second-order valence-corrected chi connectivity index (χ2v) is 1.20. The lowest BCUT2D eigenvalue weighted by atomic mass is 10.5. The van der Waals surface area contributed by atoms with Crippen LogP contribution in [0.5, 0.6) is 0 Å². The zero-order valence-electron chi connectivity index (χ0n) is 4.39. The van der Waals surface area contributed by atoms with E-state index in [9.17, 15) is 4.91 Å². The van der Waals surface area contributed by atoms with Gasteiger partial charge in [-0.25, -0.2) is 0 Å². The highest BCUT2D eigenvalue weighted by Gasteiger charge is 1.80. The van der Waals surface area contributed by atoms with Crippen LogP contribution in [-0.4, -0.2) is 20.3 Å². The first-order valence-electron chi connectivity index (χ1n) is 2.20. The Morgan fingerprint density at radius 1 is 1.71 bits per heavy atom. The maximum absolute atomic E-state index is 9.37. The molecule has 7 heavy (non-hydrogen) atoms. The predicted octanol–water partition coefficient (Wildman–Crippen LogP) is 0.789. The Bertz CT molecular complexity index is 47.0. The molecule has 0 heterocycles. The molecule has 0 aliphatic carbocycles. The van der Waals surface area contributed by atoms with Crippen LogP contribution in [0.25, 0.3) is 0 Å². The van der Waals surface area contributed by atoms with E-state index in [4.69, 9.17) is 0 Å². The molecule has 0 aromatic carbocycles. The summed E-state index contributed by atoms with van der Waals surface area (Å²) in [6, 6.07) is 0. The highest BCUT2D eigenvalue weighted by molar-refractivity contribution is 4.38. The first-order valence-corrected chi connectivity index (χ1v) is 2.20. The summed E-state index contributed by atoms with van der Waals surface area (Å²) in [6.07, 6.45) is 0.736. The Balaban J connectivity index is 2.56. The van der Waals surface area contributed by atoms with E-state index in [0.29, 0.717) is 13.2 Å². The molecular formula is C4H9NO2. The van der Waals surface area contributed by atoms with Gasteiger partial charge in [-0.3, -0.25) is 0 Å². The van der Waals surface area contributed by atoms with Crippen molar-refractivity contribution in [3.8, 4) is 0 Å². The Morgan fingerprint density at radius 3 is 2.86 bits per heavy atom. The van der Waals surface area contributed by atoms with Gasteiger partial charge in [-0.1, -0.05) is 5.18 Å². The van der Waals surface area contributed by atoms with Crippen LogP contribution in [0.4, 0.5) is 0 Å². The Morgan fingerprint density at radius 2 is 2.43 bits per heavy atom. The van der Waals surface area contributed by atoms with E-state index in [1.165, 1.54) is 0 Å². The molecule has 0 saturated heterocycles. The normalized spacial score (nSPS) is 8.71. The van der Waals surface area contributed by atoms with Crippen molar-refractivity contribution in [2.45, 2.75) is 6.42 Å².